The first-order chi connectivity index (χ1) is 13.1. The van der Waals surface area contributed by atoms with E-state index in [-0.39, 0.29) is 4.90 Å². The lowest BCUT2D eigenvalue weighted by Gasteiger charge is -2.19. The van der Waals surface area contributed by atoms with E-state index in [1.54, 1.807) is 38.1 Å². The molecule has 0 radical (unpaired) electrons. The minimum absolute atomic E-state index is 0.0306. The first-order valence-electron chi connectivity index (χ1n) is 8.58. The van der Waals surface area contributed by atoms with Gasteiger partial charge in [0, 0.05) is 5.69 Å². The van der Waals surface area contributed by atoms with Gasteiger partial charge in [0.05, 0.1) is 23.5 Å². The smallest absolute Gasteiger partial charge is 0.313 e. The van der Waals surface area contributed by atoms with Crippen molar-refractivity contribution >= 4 is 21.7 Å². The maximum absolute atomic E-state index is 12.6. The van der Waals surface area contributed by atoms with Crippen LogP contribution in [-0.4, -0.2) is 29.3 Å². The highest BCUT2D eigenvalue weighted by atomic mass is 32.2. The van der Waals surface area contributed by atoms with E-state index in [1.165, 1.54) is 17.1 Å². The Kier molecular flexibility index (Phi) is 4.99. The summed E-state index contributed by atoms with van der Waals surface area (Å²) >= 11 is 0. The van der Waals surface area contributed by atoms with Crippen molar-refractivity contribution in [1.29, 1.82) is 0 Å². The quantitative estimate of drug-likeness (QED) is 0.662. The molecule has 3 rings (SSSR count). The van der Waals surface area contributed by atoms with Gasteiger partial charge >= 0.3 is 5.97 Å². The van der Waals surface area contributed by atoms with Crippen molar-refractivity contribution in [3.8, 4) is 5.69 Å². The van der Waals surface area contributed by atoms with Crippen LogP contribution in [0, 0.1) is 6.92 Å². The maximum Gasteiger partial charge on any atom is 0.313 e. The number of hydrogen-bond donors (Lipinski definition) is 2. The summed E-state index contributed by atoms with van der Waals surface area (Å²) in [6, 6.07) is 13.8. The molecule has 0 aliphatic rings. The number of aryl methyl sites for hydroxylation is 1. The average molecular weight is 399 g/mol. The van der Waals surface area contributed by atoms with Crippen molar-refractivity contribution in [2.75, 3.05) is 4.72 Å². The highest BCUT2D eigenvalue weighted by Crippen LogP contribution is 2.25. The second-order valence-electron chi connectivity index (χ2n) is 7.07. The third kappa shape index (κ3) is 3.91. The third-order valence-electron chi connectivity index (χ3n) is 4.56. The first kappa shape index (κ1) is 19.6. The largest absolute Gasteiger partial charge is 0.481 e. The summed E-state index contributed by atoms with van der Waals surface area (Å²) < 4.78 is 29.2. The molecule has 1 aromatic heterocycles. The van der Waals surface area contributed by atoms with E-state index in [4.69, 9.17) is 0 Å². The molecular formula is C20H21N3O4S. The summed E-state index contributed by atoms with van der Waals surface area (Å²) in [4.78, 5) is 11.4. The summed E-state index contributed by atoms with van der Waals surface area (Å²) in [5.41, 5.74) is 1.71. The van der Waals surface area contributed by atoms with Crippen LogP contribution in [0.25, 0.3) is 5.69 Å². The van der Waals surface area contributed by atoms with Gasteiger partial charge in [-0.05, 0) is 50.6 Å². The van der Waals surface area contributed by atoms with Crippen LogP contribution < -0.4 is 4.72 Å². The second kappa shape index (κ2) is 7.12. The van der Waals surface area contributed by atoms with Gasteiger partial charge in [-0.15, -0.1) is 0 Å². The van der Waals surface area contributed by atoms with Crippen LogP contribution in [0.5, 0.6) is 0 Å². The molecule has 0 fully saturated rings. The molecule has 2 N–H and O–H groups in total. The Balaban J connectivity index is 1.81. The molecule has 0 amide bonds. The number of sulfonamides is 1. The van der Waals surface area contributed by atoms with Crippen molar-refractivity contribution < 1.29 is 18.3 Å². The molecule has 1 heterocycles. The van der Waals surface area contributed by atoms with Crippen LogP contribution >= 0.6 is 0 Å². The molecule has 0 atom stereocenters. The molecule has 2 aromatic carbocycles. The van der Waals surface area contributed by atoms with Gasteiger partial charge in [0.1, 0.15) is 4.90 Å². The Morgan fingerprint density at radius 1 is 1.07 bits per heavy atom. The predicted molar refractivity (Wildman–Crippen MR) is 106 cm³/mol. The highest BCUT2D eigenvalue weighted by Gasteiger charge is 2.29. The van der Waals surface area contributed by atoms with Gasteiger partial charge in [0.2, 0.25) is 0 Å². The van der Waals surface area contributed by atoms with Crippen LogP contribution in [0.2, 0.25) is 0 Å². The summed E-state index contributed by atoms with van der Waals surface area (Å²) in [6.45, 7) is 5.15. The van der Waals surface area contributed by atoms with Gasteiger partial charge in [-0.2, -0.15) is 5.10 Å². The van der Waals surface area contributed by atoms with E-state index < -0.39 is 21.4 Å². The first-order valence-corrected chi connectivity index (χ1v) is 10.1. The molecule has 3 aromatic rings. The molecule has 0 bridgehead atoms. The van der Waals surface area contributed by atoms with E-state index in [2.05, 4.69) is 9.82 Å². The number of carbonyl (C=O) groups is 1. The summed E-state index contributed by atoms with van der Waals surface area (Å²) in [6.07, 6.45) is 2.72. The lowest BCUT2D eigenvalue weighted by Crippen LogP contribution is -2.28. The number of carboxylic acid groups (broad SMARTS) is 1. The fraction of sp³-hybridized carbons (Fsp3) is 0.200. The minimum atomic E-state index is -3.82. The lowest BCUT2D eigenvalue weighted by atomic mass is 9.85. The van der Waals surface area contributed by atoms with E-state index >= 15 is 0 Å². The maximum atomic E-state index is 12.6. The van der Waals surface area contributed by atoms with Crippen molar-refractivity contribution in [1.82, 2.24) is 9.78 Å². The highest BCUT2D eigenvalue weighted by molar-refractivity contribution is 7.92. The molecule has 0 saturated heterocycles. The minimum Gasteiger partial charge on any atom is -0.481 e. The molecule has 8 heteroatoms. The summed E-state index contributed by atoms with van der Waals surface area (Å²) in [5.74, 6) is -0.954. The van der Waals surface area contributed by atoms with E-state index in [0.717, 1.165) is 11.3 Å². The van der Waals surface area contributed by atoms with E-state index in [0.29, 0.717) is 11.3 Å². The molecule has 0 unspecified atom stereocenters. The number of nitrogens with one attached hydrogen (secondary N) is 1. The van der Waals surface area contributed by atoms with Gasteiger partial charge in [0.25, 0.3) is 10.0 Å². The Morgan fingerprint density at radius 2 is 1.68 bits per heavy atom. The van der Waals surface area contributed by atoms with Crippen molar-refractivity contribution in [2.24, 2.45) is 0 Å². The van der Waals surface area contributed by atoms with Crippen LogP contribution in [-0.2, 0) is 20.2 Å². The molecule has 28 heavy (non-hydrogen) atoms. The number of aromatic nitrogens is 2. The molecular weight excluding hydrogens is 378 g/mol. The van der Waals surface area contributed by atoms with Crippen LogP contribution in [0.1, 0.15) is 25.0 Å². The zero-order valence-corrected chi connectivity index (χ0v) is 16.6. The fourth-order valence-corrected chi connectivity index (χ4v) is 3.57. The lowest BCUT2D eigenvalue weighted by molar-refractivity contribution is -0.142. The summed E-state index contributed by atoms with van der Waals surface area (Å²) in [5, 5.41) is 13.4. The number of hydrogen-bond acceptors (Lipinski definition) is 4. The SMILES string of the molecule is Cc1ccc(-n2cc(S(=O)(=O)Nc3ccc(C(C)(C)C(=O)O)cc3)cn2)cc1. The second-order valence-corrected chi connectivity index (χ2v) is 8.75. The third-order valence-corrected chi connectivity index (χ3v) is 5.90. The van der Waals surface area contributed by atoms with Crippen LogP contribution in [0.15, 0.2) is 65.8 Å². The van der Waals surface area contributed by atoms with E-state index in [1.807, 2.05) is 31.2 Å². The molecule has 0 spiro atoms. The average Bonchev–Trinajstić information content (AvgIpc) is 3.13. The van der Waals surface area contributed by atoms with Crippen molar-refractivity contribution in [2.45, 2.75) is 31.1 Å². The van der Waals surface area contributed by atoms with Crippen LogP contribution in [0.4, 0.5) is 5.69 Å². The number of benzene rings is 2. The van der Waals surface area contributed by atoms with Crippen molar-refractivity contribution in [3.63, 3.8) is 0 Å². The topological polar surface area (TPSA) is 101 Å². The van der Waals surface area contributed by atoms with Crippen LogP contribution in [0.3, 0.4) is 0 Å². The standard InChI is InChI=1S/C20H21N3O4S/c1-14-4-10-17(11-5-14)23-13-18(12-21-23)28(26,27)22-16-8-6-15(7-9-16)20(2,3)19(24)25/h4-13,22H,1-3H3,(H,24,25). The Labute approximate surface area is 163 Å². The Bertz CT molecular complexity index is 1100. The Hall–Kier alpha value is -3.13. The zero-order valence-electron chi connectivity index (χ0n) is 15.7. The zero-order chi connectivity index (χ0) is 20.5. The summed E-state index contributed by atoms with van der Waals surface area (Å²) in [7, 11) is -3.82. The van der Waals surface area contributed by atoms with Gasteiger partial charge in [0.15, 0.2) is 0 Å². The fourth-order valence-electron chi connectivity index (χ4n) is 2.58. The Morgan fingerprint density at radius 3 is 2.25 bits per heavy atom. The molecule has 0 aliphatic carbocycles. The number of rotatable bonds is 6. The van der Waals surface area contributed by atoms with Gasteiger partial charge in [-0.25, -0.2) is 13.1 Å². The number of nitrogens with zero attached hydrogens (tertiary/aromatic N) is 2. The number of carboxylic acids is 1. The molecule has 0 aliphatic heterocycles. The predicted octanol–water partition coefficient (Wildman–Crippen LogP) is 3.34. The normalized spacial score (nSPS) is 12.0. The number of aliphatic carboxylic acids is 1. The number of anilines is 1. The molecule has 7 nitrogen and oxygen atoms in total. The van der Waals surface area contributed by atoms with Gasteiger partial charge < -0.3 is 5.11 Å². The van der Waals surface area contributed by atoms with E-state index in [9.17, 15) is 18.3 Å². The van der Waals surface area contributed by atoms with Crippen molar-refractivity contribution in [3.05, 3.63) is 72.1 Å². The molecule has 0 saturated carbocycles. The van der Waals surface area contributed by atoms with Gasteiger partial charge in [-0.1, -0.05) is 29.8 Å². The van der Waals surface area contributed by atoms with Gasteiger partial charge in [-0.3, -0.25) is 9.52 Å². The molecule has 146 valence electrons. The monoisotopic (exact) mass is 399 g/mol.